The number of thiophene rings is 1. The monoisotopic (exact) mass is 308 g/mol. The maximum atomic E-state index is 11.6. The molecule has 1 aliphatic rings. The quantitative estimate of drug-likeness (QED) is 0.871. The number of hydrogen-bond acceptors (Lipinski definition) is 6. The molecule has 0 saturated carbocycles. The number of fused-ring (bicyclic) bond motifs is 1. The van der Waals surface area contributed by atoms with Crippen LogP contribution < -0.4 is 5.32 Å². The highest BCUT2D eigenvalue weighted by atomic mass is 32.1. The van der Waals surface area contributed by atoms with Gasteiger partial charge in [-0.15, -0.1) is 22.7 Å². The lowest BCUT2D eigenvalue weighted by Crippen LogP contribution is -2.15. The minimum absolute atomic E-state index is 0.311. The zero-order valence-electron chi connectivity index (χ0n) is 11.2. The highest BCUT2D eigenvalue weighted by Gasteiger charge is 2.22. The average Bonchev–Trinajstić information content (AvgIpc) is 3.08. The fourth-order valence-electron chi connectivity index (χ4n) is 2.42. The van der Waals surface area contributed by atoms with Crippen LogP contribution in [0.5, 0.6) is 0 Å². The number of nitrogens with one attached hydrogen (secondary N) is 1. The van der Waals surface area contributed by atoms with Crippen LogP contribution in [0.3, 0.4) is 0 Å². The minimum atomic E-state index is -0.350. The first kappa shape index (κ1) is 13.6. The number of aromatic nitrogens is 1. The maximum Gasteiger partial charge on any atom is 0.357 e. The number of esters is 1. The van der Waals surface area contributed by atoms with E-state index in [0.29, 0.717) is 18.3 Å². The topological polar surface area (TPSA) is 51.2 Å². The third-order valence-electron chi connectivity index (χ3n) is 3.34. The van der Waals surface area contributed by atoms with Crippen molar-refractivity contribution < 1.29 is 9.53 Å². The molecule has 106 valence electrons. The van der Waals surface area contributed by atoms with E-state index in [1.807, 2.05) is 11.3 Å². The molecule has 3 rings (SSSR count). The Morgan fingerprint density at radius 3 is 3.30 bits per heavy atom. The molecule has 1 aliphatic carbocycles. The first-order valence-electron chi connectivity index (χ1n) is 6.73. The van der Waals surface area contributed by atoms with Crippen LogP contribution in [0, 0.1) is 0 Å². The third-order valence-corrected chi connectivity index (χ3v) is 5.11. The Bertz CT molecular complexity index is 606. The van der Waals surface area contributed by atoms with Gasteiger partial charge in [-0.05, 0) is 43.2 Å². The zero-order chi connectivity index (χ0) is 13.9. The normalized spacial score (nSPS) is 17.6. The van der Waals surface area contributed by atoms with Gasteiger partial charge in [-0.3, -0.25) is 0 Å². The number of carbonyl (C=O) groups is 1. The maximum absolute atomic E-state index is 11.6. The number of hydrogen-bond donors (Lipinski definition) is 1. The van der Waals surface area contributed by atoms with Gasteiger partial charge in [0.15, 0.2) is 10.8 Å². The molecule has 0 spiro atoms. The lowest BCUT2D eigenvalue weighted by Gasteiger charge is -2.23. The smallest absolute Gasteiger partial charge is 0.357 e. The van der Waals surface area contributed by atoms with Gasteiger partial charge in [0.05, 0.1) is 12.6 Å². The van der Waals surface area contributed by atoms with Gasteiger partial charge < -0.3 is 10.1 Å². The minimum Gasteiger partial charge on any atom is -0.461 e. The number of aryl methyl sites for hydroxylation is 1. The van der Waals surface area contributed by atoms with Crippen molar-refractivity contribution in [3.05, 3.63) is 33.0 Å². The molecule has 2 aromatic heterocycles. The first-order chi connectivity index (χ1) is 9.78. The molecule has 0 aliphatic heterocycles. The summed E-state index contributed by atoms with van der Waals surface area (Å²) in [7, 11) is 0. The van der Waals surface area contributed by atoms with E-state index in [1.54, 1.807) is 12.3 Å². The molecule has 1 unspecified atom stereocenters. The highest BCUT2D eigenvalue weighted by molar-refractivity contribution is 7.13. The largest absolute Gasteiger partial charge is 0.461 e. The van der Waals surface area contributed by atoms with Crippen molar-refractivity contribution in [1.82, 2.24) is 4.98 Å². The third kappa shape index (κ3) is 2.71. The van der Waals surface area contributed by atoms with Crippen molar-refractivity contribution in [1.29, 1.82) is 0 Å². The average molecular weight is 308 g/mol. The van der Waals surface area contributed by atoms with Crippen molar-refractivity contribution in [2.24, 2.45) is 0 Å². The second-order valence-corrected chi connectivity index (χ2v) is 6.51. The van der Waals surface area contributed by atoms with Crippen LogP contribution in [-0.2, 0) is 11.2 Å². The molecule has 0 saturated heterocycles. The van der Waals surface area contributed by atoms with Gasteiger partial charge in [-0.1, -0.05) is 0 Å². The highest BCUT2D eigenvalue weighted by Crippen LogP contribution is 2.36. The SMILES string of the molecule is CCOC(=O)c1csc(NC2CCCc3sccc32)n1. The summed E-state index contributed by atoms with van der Waals surface area (Å²) in [5, 5.41) is 8.13. The van der Waals surface area contributed by atoms with Crippen molar-refractivity contribution in [2.75, 3.05) is 11.9 Å². The van der Waals surface area contributed by atoms with Crippen LogP contribution in [0.4, 0.5) is 5.13 Å². The van der Waals surface area contributed by atoms with Gasteiger partial charge in [0.2, 0.25) is 0 Å². The summed E-state index contributed by atoms with van der Waals surface area (Å²) in [4.78, 5) is 17.4. The predicted octanol–water partition coefficient (Wildman–Crippen LogP) is 3.87. The lowest BCUT2D eigenvalue weighted by molar-refractivity contribution is 0.0520. The van der Waals surface area contributed by atoms with Crippen LogP contribution in [0.2, 0.25) is 0 Å². The number of rotatable bonds is 4. The van der Waals surface area contributed by atoms with Crippen molar-refractivity contribution >= 4 is 33.8 Å². The van der Waals surface area contributed by atoms with E-state index in [9.17, 15) is 4.79 Å². The molecule has 0 amide bonds. The van der Waals surface area contributed by atoms with E-state index in [4.69, 9.17) is 4.74 Å². The number of ether oxygens (including phenoxy) is 1. The Hall–Kier alpha value is -1.40. The van der Waals surface area contributed by atoms with Crippen LogP contribution in [-0.4, -0.2) is 17.6 Å². The Kier molecular flexibility index (Phi) is 4.03. The van der Waals surface area contributed by atoms with Crippen LogP contribution in [0.25, 0.3) is 0 Å². The van der Waals surface area contributed by atoms with E-state index in [-0.39, 0.29) is 5.97 Å². The molecule has 2 aromatic rings. The van der Waals surface area contributed by atoms with Gasteiger partial charge in [0, 0.05) is 10.3 Å². The molecule has 0 radical (unpaired) electrons. The molecule has 20 heavy (non-hydrogen) atoms. The summed E-state index contributed by atoms with van der Waals surface area (Å²) in [5.74, 6) is -0.350. The number of anilines is 1. The summed E-state index contributed by atoms with van der Waals surface area (Å²) >= 11 is 3.28. The molecular formula is C14H16N2O2S2. The molecule has 2 heterocycles. The van der Waals surface area contributed by atoms with Gasteiger partial charge in [0.25, 0.3) is 0 Å². The lowest BCUT2D eigenvalue weighted by atomic mass is 9.94. The summed E-state index contributed by atoms with van der Waals surface area (Å²) in [6.07, 6.45) is 3.48. The molecular weight excluding hydrogens is 292 g/mol. The number of thiazole rings is 1. The van der Waals surface area contributed by atoms with Crippen molar-refractivity contribution in [3.8, 4) is 0 Å². The van der Waals surface area contributed by atoms with Crippen molar-refractivity contribution in [3.63, 3.8) is 0 Å². The standard InChI is InChI=1S/C14H16N2O2S2/c1-2-18-13(17)11-8-20-14(16-11)15-10-4-3-5-12-9(10)6-7-19-12/h6-8,10H,2-5H2,1H3,(H,15,16). The van der Waals surface area contributed by atoms with Crippen molar-refractivity contribution in [2.45, 2.75) is 32.2 Å². The summed E-state index contributed by atoms with van der Waals surface area (Å²) < 4.78 is 4.95. The fraction of sp³-hybridized carbons (Fsp3) is 0.429. The Morgan fingerprint density at radius 2 is 2.45 bits per heavy atom. The van der Waals surface area contributed by atoms with E-state index in [1.165, 1.54) is 34.6 Å². The Morgan fingerprint density at radius 1 is 1.55 bits per heavy atom. The molecule has 0 bridgehead atoms. The molecule has 4 nitrogen and oxygen atoms in total. The molecule has 0 aromatic carbocycles. The Labute approximate surface area is 125 Å². The zero-order valence-corrected chi connectivity index (χ0v) is 12.9. The fourth-order valence-corrected chi connectivity index (χ4v) is 4.15. The van der Waals surface area contributed by atoms with Crippen LogP contribution in [0.1, 0.15) is 46.7 Å². The molecule has 1 atom stereocenters. The summed E-state index contributed by atoms with van der Waals surface area (Å²) in [6, 6.07) is 2.50. The molecule has 1 N–H and O–H groups in total. The van der Waals surface area contributed by atoms with E-state index in [2.05, 4.69) is 21.7 Å². The van der Waals surface area contributed by atoms with Gasteiger partial charge in [-0.2, -0.15) is 0 Å². The predicted molar refractivity (Wildman–Crippen MR) is 81.7 cm³/mol. The van der Waals surface area contributed by atoms with Gasteiger partial charge in [0.1, 0.15) is 0 Å². The van der Waals surface area contributed by atoms with Gasteiger partial charge >= 0.3 is 5.97 Å². The molecule has 0 fully saturated rings. The number of nitrogens with zero attached hydrogens (tertiary/aromatic N) is 1. The van der Waals surface area contributed by atoms with E-state index >= 15 is 0 Å². The van der Waals surface area contributed by atoms with E-state index < -0.39 is 0 Å². The van der Waals surface area contributed by atoms with Gasteiger partial charge in [-0.25, -0.2) is 9.78 Å². The summed E-state index contributed by atoms with van der Waals surface area (Å²) in [6.45, 7) is 2.17. The van der Waals surface area contributed by atoms with Crippen LogP contribution in [0.15, 0.2) is 16.8 Å². The van der Waals surface area contributed by atoms with E-state index in [0.717, 1.165) is 11.6 Å². The summed E-state index contributed by atoms with van der Waals surface area (Å²) in [5.41, 5.74) is 1.77. The Balaban J connectivity index is 1.72. The van der Waals surface area contributed by atoms with Crippen LogP contribution >= 0.6 is 22.7 Å². The first-order valence-corrected chi connectivity index (χ1v) is 8.49. The second kappa shape index (κ2) is 5.93. The second-order valence-electron chi connectivity index (χ2n) is 4.65. The number of carbonyl (C=O) groups excluding carboxylic acids is 1. The molecule has 6 heteroatoms.